The van der Waals surface area contributed by atoms with Crippen LogP contribution >= 0.6 is 11.6 Å². The first-order valence-electron chi connectivity index (χ1n) is 7.26. The first kappa shape index (κ1) is 21.2. The number of aromatic nitrogens is 2. The van der Waals surface area contributed by atoms with Gasteiger partial charge in [-0.1, -0.05) is 12.1 Å². The van der Waals surface area contributed by atoms with Crippen LogP contribution in [0, 0.1) is 5.82 Å². The average Bonchev–Trinajstić information content (AvgIpc) is 2.51. The number of primary sulfonamides is 1. The molecule has 0 radical (unpaired) electrons. The summed E-state index contributed by atoms with van der Waals surface area (Å²) < 4.78 is 75.9. The molecule has 0 aliphatic carbocycles. The molecule has 1 unspecified atom stereocenters. The minimum Gasteiger partial charge on any atom is -0.294 e. The van der Waals surface area contributed by atoms with Gasteiger partial charge in [-0.15, -0.1) is 0 Å². The zero-order chi connectivity index (χ0) is 20.4. The predicted molar refractivity (Wildman–Crippen MR) is 88.0 cm³/mol. The molecule has 0 saturated carbocycles. The summed E-state index contributed by atoms with van der Waals surface area (Å²) in [7, 11) is -4.79. The Morgan fingerprint density at radius 1 is 1.26 bits per heavy atom. The lowest BCUT2D eigenvalue weighted by Crippen LogP contribution is -2.28. The van der Waals surface area contributed by atoms with Gasteiger partial charge in [0.1, 0.15) is 11.1 Å². The molecule has 0 amide bonds. The number of Topliss-reactive ketones (excluding diaryl/α,β-unsaturated/α-hetero) is 1. The Balaban J connectivity index is 2.42. The Kier molecular flexibility index (Phi) is 6.17. The molecule has 1 aromatic heterocycles. The summed E-state index contributed by atoms with van der Waals surface area (Å²) in [6.45, 7) is 0. The smallest absolute Gasteiger partial charge is 0.294 e. The Bertz CT molecular complexity index is 967. The number of nitrogens with two attached hydrogens (primary N) is 1. The first-order chi connectivity index (χ1) is 12.4. The molecule has 0 spiro atoms. The molecule has 146 valence electrons. The van der Waals surface area contributed by atoms with Crippen LogP contribution in [0.2, 0.25) is 5.28 Å². The molecule has 1 heterocycles. The van der Waals surface area contributed by atoms with E-state index < -0.39 is 57.0 Å². The largest absolute Gasteiger partial charge is 0.390 e. The zero-order valence-electron chi connectivity index (χ0n) is 13.4. The van der Waals surface area contributed by atoms with Crippen molar-refractivity contribution in [1.82, 2.24) is 9.97 Å². The number of rotatable bonds is 6. The van der Waals surface area contributed by atoms with Crippen LogP contribution in [0.1, 0.15) is 33.3 Å². The standard InChI is InChI=1S/C15H12ClF4N3O3S/c16-14-22-5-4-8(23-14)6-11(24)9-2-1-3-10(13(9)17)12(27(21,25)26)7-15(18,19)20/h1-5,12H,6-7H2,(H2,21,25,26). The summed E-state index contributed by atoms with van der Waals surface area (Å²) in [4.78, 5) is 19.7. The monoisotopic (exact) mass is 425 g/mol. The minimum absolute atomic E-state index is 0.144. The van der Waals surface area contributed by atoms with Crippen LogP contribution in [0.25, 0.3) is 0 Å². The maximum atomic E-state index is 14.7. The molecule has 2 rings (SSSR count). The van der Waals surface area contributed by atoms with E-state index in [-0.39, 0.29) is 11.0 Å². The van der Waals surface area contributed by atoms with E-state index in [1.807, 2.05) is 0 Å². The van der Waals surface area contributed by atoms with Gasteiger partial charge >= 0.3 is 6.18 Å². The fourth-order valence-electron chi connectivity index (χ4n) is 2.35. The van der Waals surface area contributed by atoms with Crippen LogP contribution in [-0.4, -0.2) is 30.3 Å². The summed E-state index contributed by atoms with van der Waals surface area (Å²) >= 11 is 5.59. The highest BCUT2D eigenvalue weighted by Crippen LogP contribution is 2.35. The van der Waals surface area contributed by atoms with E-state index in [4.69, 9.17) is 16.7 Å². The summed E-state index contributed by atoms with van der Waals surface area (Å²) in [6.07, 6.45) is -5.95. The average molecular weight is 426 g/mol. The van der Waals surface area contributed by atoms with E-state index in [1.165, 1.54) is 12.3 Å². The Hall–Kier alpha value is -2.11. The highest BCUT2D eigenvalue weighted by Gasteiger charge is 2.39. The van der Waals surface area contributed by atoms with Gasteiger partial charge in [0.15, 0.2) is 5.78 Å². The van der Waals surface area contributed by atoms with Crippen molar-refractivity contribution in [1.29, 1.82) is 0 Å². The van der Waals surface area contributed by atoms with Gasteiger partial charge < -0.3 is 0 Å². The van der Waals surface area contributed by atoms with Gasteiger partial charge in [-0.05, 0) is 23.7 Å². The number of hydrogen-bond acceptors (Lipinski definition) is 5. The summed E-state index contributed by atoms with van der Waals surface area (Å²) in [5.41, 5.74) is -1.26. The molecule has 6 nitrogen and oxygen atoms in total. The summed E-state index contributed by atoms with van der Waals surface area (Å²) in [5, 5.41) is 2.32. The van der Waals surface area contributed by atoms with Crippen molar-refractivity contribution in [3.63, 3.8) is 0 Å². The van der Waals surface area contributed by atoms with E-state index in [0.717, 1.165) is 18.2 Å². The second kappa shape index (κ2) is 7.87. The van der Waals surface area contributed by atoms with Crippen LogP contribution in [0.5, 0.6) is 0 Å². The topological polar surface area (TPSA) is 103 Å². The van der Waals surface area contributed by atoms with Crippen LogP contribution in [-0.2, 0) is 16.4 Å². The number of benzene rings is 1. The van der Waals surface area contributed by atoms with Crippen molar-refractivity contribution in [2.24, 2.45) is 5.14 Å². The minimum atomic E-state index is -4.92. The molecule has 0 saturated heterocycles. The van der Waals surface area contributed by atoms with Gasteiger partial charge in [-0.2, -0.15) is 13.2 Å². The maximum absolute atomic E-state index is 14.7. The molecule has 1 atom stereocenters. The van der Waals surface area contributed by atoms with Crippen LogP contribution < -0.4 is 5.14 Å². The van der Waals surface area contributed by atoms with Crippen molar-refractivity contribution >= 4 is 27.4 Å². The van der Waals surface area contributed by atoms with Gasteiger partial charge in [-0.3, -0.25) is 4.79 Å². The van der Waals surface area contributed by atoms with Crippen LogP contribution in [0.4, 0.5) is 17.6 Å². The summed E-state index contributed by atoms with van der Waals surface area (Å²) in [6, 6.07) is 4.29. The number of carbonyl (C=O) groups excluding carboxylic acids is 1. The molecule has 12 heteroatoms. The van der Waals surface area contributed by atoms with Gasteiger partial charge in [-0.25, -0.2) is 27.9 Å². The lowest BCUT2D eigenvalue weighted by molar-refractivity contribution is -0.135. The van der Waals surface area contributed by atoms with E-state index in [0.29, 0.717) is 0 Å². The summed E-state index contributed by atoms with van der Waals surface area (Å²) in [5.74, 6) is -2.21. The molecule has 1 aromatic carbocycles. The molecule has 0 aliphatic rings. The number of alkyl halides is 3. The van der Waals surface area contributed by atoms with Crippen LogP contribution in [0.15, 0.2) is 30.5 Å². The Labute approximate surface area is 156 Å². The van der Waals surface area contributed by atoms with Gasteiger partial charge in [0.05, 0.1) is 24.1 Å². The molecule has 0 aliphatic heterocycles. The van der Waals surface area contributed by atoms with Gasteiger partial charge in [0, 0.05) is 11.8 Å². The number of carbonyl (C=O) groups is 1. The Morgan fingerprint density at radius 3 is 2.48 bits per heavy atom. The second-order valence-corrected chi connectivity index (χ2v) is 7.61. The molecular weight excluding hydrogens is 414 g/mol. The lowest BCUT2D eigenvalue weighted by atomic mass is 10.00. The number of ketones is 1. The van der Waals surface area contributed by atoms with Gasteiger partial charge in [0.2, 0.25) is 15.3 Å². The molecule has 2 aromatic rings. The van der Waals surface area contributed by atoms with Crippen molar-refractivity contribution in [2.45, 2.75) is 24.3 Å². The van der Waals surface area contributed by atoms with E-state index in [9.17, 15) is 30.8 Å². The molecule has 27 heavy (non-hydrogen) atoms. The highest BCUT2D eigenvalue weighted by molar-refractivity contribution is 7.89. The maximum Gasteiger partial charge on any atom is 0.390 e. The van der Waals surface area contributed by atoms with Crippen molar-refractivity contribution in [3.8, 4) is 0 Å². The number of nitrogens with zero attached hydrogens (tertiary/aromatic N) is 2. The predicted octanol–water partition coefficient (Wildman–Crippen LogP) is 2.98. The van der Waals surface area contributed by atoms with E-state index in [2.05, 4.69) is 9.97 Å². The third kappa shape index (κ3) is 5.68. The Morgan fingerprint density at radius 2 is 1.93 bits per heavy atom. The van der Waals surface area contributed by atoms with Crippen LogP contribution in [0.3, 0.4) is 0 Å². The fourth-order valence-corrected chi connectivity index (χ4v) is 3.48. The van der Waals surface area contributed by atoms with E-state index in [1.54, 1.807) is 0 Å². The zero-order valence-corrected chi connectivity index (χ0v) is 14.9. The van der Waals surface area contributed by atoms with E-state index >= 15 is 0 Å². The number of sulfonamides is 1. The lowest BCUT2D eigenvalue weighted by Gasteiger charge is -2.18. The molecule has 0 fully saturated rings. The van der Waals surface area contributed by atoms with Crippen molar-refractivity contribution in [3.05, 3.63) is 58.4 Å². The number of halogens is 5. The highest BCUT2D eigenvalue weighted by atomic mass is 35.5. The van der Waals surface area contributed by atoms with Crippen molar-refractivity contribution < 1.29 is 30.8 Å². The van der Waals surface area contributed by atoms with Crippen molar-refractivity contribution in [2.75, 3.05) is 0 Å². The molecule has 2 N–H and O–H groups in total. The third-order valence-corrected chi connectivity index (χ3v) is 4.91. The molecular formula is C15H12ClF4N3O3S. The molecule has 0 bridgehead atoms. The normalized spacial score (nSPS) is 13.4. The third-order valence-electron chi connectivity index (χ3n) is 3.51. The van der Waals surface area contributed by atoms with Gasteiger partial charge in [0.25, 0.3) is 0 Å². The quantitative estimate of drug-likeness (QED) is 0.435. The SMILES string of the molecule is NS(=O)(=O)C(CC(F)(F)F)c1cccc(C(=O)Cc2ccnc(Cl)n2)c1F. The first-order valence-corrected chi connectivity index (χ1v) is 9.24. The number of hydrogen-bond donors (Lipinski definition) is 1. The fraction of sp³-hybridized carbons (Fsp3) is 0.267. The second-order valence-electron chi connectivity index (χ2n) is 5.52.